The first-order chi connectivity index (χ1) is 15.0. The molecule has 1 N–H and O–H groups in total. The highest BCUT2D eigenvalue weighted by Crippen LogP contribution is 2.28. The van der Waals surface area contributed by atoms with Gasteiger partial charge in [-0.3, -0.25) is 4.79 Å². The zero-order valence-corrected chi connectivity index (χ0v) is 17.9. The Balaban J connectivity index is 1.55. The molecule has 31 heavy (non-hydrogen) atoms. The largest absolute Gasteiger partial charge is 0.493 e. The number of amides is 1. The maximum Gasteiger partial charge on any atom is 0.331 e. The Morgan fingerprint density at radius 1 is 1.13 bits per heavy atom. The number of carbonyl (C=O) groups excluding carboxylic acids is 2. The molecular weight excluding hydrogens is 394 g/mol. The summed E-state index contributed by atoms with van der Waals surface area (Å²) in [5.41, 5.74) is 4.05. The summed E-state index contributed by atoms with van der Waals surface area (Å²) in [5.74, 6) is 0.145. The van der Waals surface area contributed by atoms with Gasteiger partial charge in [-0.2, -0.15) is 0 Å². The molecule has 0 aliphatic heterocycles. The van der Waals surface area contributed by atoms with E-state index in [1.54, 1.807) is 44.4 Å². The first kappa shape index (κ1) is 22.2. The van der Waals surface area contributed by atoms with Crippen LogP contribution in [0.1, 0.15) is 30.0 Å². The summed E-state index contributed by atoms with van der Waals surface area (Å²) < 4.78 is 16.0. The number of benzene rings is 2. The second kappa shape index (κ2) is 10.5. The molecule has 1 atom stereocenters. The average molecular weight is 421 g/mol. The van der Waals surface area contributed by atoms with Crippen molar-refractivity contribution in [1.82, 2.24) is 0 Å². The highest BCUT2D eigenvalue weighted by atomic mass is 16.5. The van der Waals surface area contributed by atoms with Gasteiger partial charge in [0.2, 0.25) is 0 Å². The van der Waals surface area contributed by atoms with Crippen molar-refractivity contribution in [3.05, 3.63) is 71.8 Å². The fourth-order valence-corrected chi connectivity index (χ4v) is 3.38. The number of esters is 1. The summed E-state index contributed by atoms with van der Waals surface area (Å²) >= 11 is 0. The molecule has 0 saturated carbocycles. The number of anilines is 1. The van der Waals surface area contributed by atoms with E-state index >= 15 is 0 Å². The van der Waals surface area contributed by atoms with Crippen LogP contribution in [-0.2, 0) is 27.2 Å². The van der Waals surface area contributed by atoms with Crippen LogP contribution in [0.3, 0.4) is 0 Å². The number of aryl methyl sites for hydroxylation is 2. The van der Waals surface area contributed by atoms with Gasteiger partial charge in [0.05, 0.1) is 7.11 Å². The van der Waals surface area contributed by atoms with Gasteiger partial charge in [-0.15, -0.1) is 0 Å². The van der Waals surface area contributed by atoms with Gasteiger partial charge in [0.1, 0.15) is 6.61 Å². The SMILES string of the molecule is C=CCOc1ccc(/C=C/C(=O)O[C@H](C)C(=O)Nc2ccc3c(c2)CCC3)cc1OC. The smallest absolute Gasteiger partial charge is 0.331 e. The predicted octanol–water partition coefficient (Wildman–Crippen LogP) is 4.33. The standard InChI is InChI=1S/C25H27NO5/c1-4-14-30-22-12-8-18(15-23(22)29-3)9-13-24(27)31-17(2)25(28)26-21-11-10-19-6-5-7-20(19)16-21/h4,8-13,15-17H,1,5-7,14H2,2-3H3,(H,26,28)/b13-9+/t17-/m1/s1. The molecule has 1 aliphatic rings. The van der Waals surface area contributed by atoms with Crippen molar-refractivity contribution in [1.29, 1.82) is 0 Å². The van der Waals surface area contributed by atoms with Gasteiger partial charge >= 0.3 is 5.97 Å². The molecule has 1 aliphatic carbocycles. The molecule has 162 valence electrons. The summed E-state index contributed by atoms with van der Waals surface area (Å²) in [6.07, 6.45) is 6.84. The number of ether oxygens (including phenoxy) is 3. The van der Waals surface area contributed by atoms with Crippen LogP contribution in [0, 0.1) is 0 Å². The highest BCUT2D eigenvalue weighted by Gasteiger charge is 2.18. The normalized spacial score (nSPS) is 13.4. The lowest BCUT2D eigenvalue weighted by atomic mass is 10.1. The van der Waals surface area contributed by atoms with Gasteiger partial charge in [0.15, 0.2) is 17.6 Å². The minimum absolute atomic E-state index is 0.364. The molecule has 0 heterocycles. The molecule has 0 bridgehead atoms. The molecule has 1 amide bonds. The van der Waals surface area contributed by atoms with Crippen molar-refractivity contribution in [3.63, 3.8) is 0 Å². The number of rotatable bonds is 9. The quantitative estimate of drug-likeness (QED) is 0.371. The zero-order valence-electron chi connectivity index (χ0n) is 17.9. The summed E-state index contributed by atoms with van der Waals surface area (Å²) in [7, 11) is 1.54. The van der Waals surface area contributed by atoms with Gasteiger partial charge in [0, 0.05) is 11.8 Å². The fourth-order valence-electron chi connectivity index (χ4n) is 3.38. The third kappa shape index (κ3) is 5.98. The van der Waals surface area contributed by atoms with E-state index in [4.69, 9.17) is 14.2 Å². The Bertz CT molecular complexity index is 995. The molecule has 2 aromatic rings. The van der Waals surface area contributed by atoms with E-state index in [1.165, 1.54) is 17.2 Å². The molecular formula is C25H27NO5. The minimum atomic E-state index is -0.922. The van der Waals surface area contributed by atoms with Gasteiger partial charge in [-0.05, 0) is 73.2 Å². The Morgan fingerprint density at radius 3 is 2.71 bits per heavy atom. The van der Waals surface area contributed by atoms with E-state index in [9.17, 15) is 9.59 Å². The van der Waals surface area contributed by atoms with E-state index in [-0.39, 0.29) is 5.91 Å². The van der Waals surface area contributed by atoms with Crippen molar-refractivity contribution in [2.45, 2.75) is 32.3 Å². The van der Waals surface area contributed by atoms with Gasteiger partial charge in [-0.25, -0.2) is 4.79 Å². The van der Waals surface area contributed by atoms with Crippen LogP contribution in [0.15, 0.2) is 55.1 Å². The van der Waals surface area contributed by atoms with Crippen molar-refractivity contribution in [2.24, 2.45) is 0 Å². The molecule has 0 spiro atoms. The first-order valence-corrected chi connectivity index (χ1v) is 10.2. The van der Waals surface area contributed by atoms with Crippen molar-refractivity contribution in [2.75, 3.05) is 19.0 Å². The molecule has 0 saturated heterocycles. The fraction of sp³-hybridized carbons (Fsp3) is 0.280. The van der Waals surface area contributed by atoms with Crippen molar-refractivity contribution in [3.8, 4) is 11.5 Å². The van der Waals surface area contributed by atoms with E-state index in [0.717, 1.165) is 30.5 Å². The Kier molecular flexibility index (Phi) is 7.49. The lowest BCUT2D eigenvalue weighted by Crippen LogP contribution is -2.29. The molecule has 6 heteroatoms. The van der Waals surface area contributed by atoms with Gasteiger partial charge in [0.25, 0.3) is 5.91 Å². The molecule has 2 aromatic carbocycles. The van der Waals surface area contributed by atoms with E-state index in [0.29, 0.717) is 18.1 Å². The molecule has 0 fully saturated rings. The molecule has 0 aromatic heterocycles. The second-order valence-corrected chi connectivity index (χ2v) is 7.25. The number of hydrogen-bond donors (Lipinski definition) is 1. The Morgan fingerprint density at radius 2 is 1.94 bits per heavy atom. The topological polar surface area (TPSA) is 73.9 Å². The van der Waals surface area contributed by atoms with Crippen LogP contribution in [0.5, 0.6) is 11.5 Å². The van der Waals surface area contributed by atoms with Crippen LogP contribution in [0.2, 0.25) is 0 Å². The lowest BCUT2D eigenvalue weighted by Gasteiger charge is -2.13. The molecule has 3 rings (SSSR count). The summed E-state index contributed by atoms with van der Waals surface area (Å²) in [6.45, 7) is 5.52. The third-order valence-electron chi connectivity index (χ3n) is 4.98. The van der Waals surface area contributed by atoms with Crippen molar-refractivity contribution >= 4 is 23.6 Å². The van der Waals surface area contributed by atoms with Crippen LogP contribution in [0.25, 0.3) is 6.08 Å². The Hall–Kier alpha value is -3.54. The predicted molar refractivity (Wildman–Crippen MR) is 120 cm³/mol. The number of nitrogens with one attached hydrogen (secondary N) is 1. The summed E-state index contributed by atoms with van der Waals surface area (Å²) in [5, 5.41) is 2.81. The maximum absolute atomic E-state index is 12.4. The molecule has 6 nitrogen and oxygen atoms in total. The lowest BCUT2D eigenvalue weighted by molar-refractivity contribution is -0.148. The number of fused-ring (bicyclic) bond motifs is 1. The maximum atomic E-state index is 12.4. The molecule has 0 unspecified atom stereocenters. The monoisotopic (exact) mass is 421 g/mol. The van der Waals surface area contributed by atoms with Crippen LogP contribution in [0.4, 0.5) is 5.69 Å². The number of carbonyl (C=O) groups is 2. The van der Waals surface area contributed by atoms with Crippen molar-refractivity contribution < 1.29 is 23.8 Å². The van der Waals surface area contributed by atoms with Gasteiger partial charge < -0.3 is 19.5 Å². The Labute approximate surface area is 182 Å². The number of hydrogen-bond acceptors (Lipinski definition) is 5. The number of methoxy groups -OCH3 is 1. The van der Waals surface area contributed by atoms with Crippen LogP contribution in [-0.4, -0.2) is 31.7 Å². The minimum Gasteiger partial charge on any atom is -0.493 e. The van der Waals surface area contributed by atoms with Gasteiger partial charge in [-0.1, -0.05) is 24.8 Å². The highest BCUT2D eigenvalue weighted by molar-refractivity contribution is 5.96. The van der Waals surface area contributed by atoms with E-state index in [1.807, 2.05) is 18.2 Å². The summed E-state index contributed by atoms with van der Waals surface area (Å²) in [6, 6.07) is 11.2. The van der Waals surface area contributed by atoms with Crippen LogP contribution >= 0.6 is 0 Å². The van der Waals surface area contributed by atoms with Crippen LogP contribution < -0.4 is 14.8 Å². The second-order valence-electron chi connectivity index (χ2n) is 7.25. The first-order valence-electron chi connectivity index (χ1n) is 10.2. The molecule has 0 radical (unpaired) electrons. The van der Waals surface area contributed by atoms with E-state index < -0.39 is 12.1 Å². The average Bonchev–Trinajstić information content (AvgIpc) is 3.24. The summed E-state index contributed by atoms with van der Waals surface area (Å²) in [4.78, 5) is 24.5. The zero-order chi connectivity index (χ0) is 22.2. The van der Waals surface area contributed by atoms with E-state index in [2.05, 4.69) is 11.9 Å². The third-order valence-corrected chi connectivity index (χ3v) is 4.98.